The Hall–Kier alpha value is -3.19. The molecular formula is C25H24FN2O+. The van der Waals surface area contributed by atoms with Gasteiger partial charge in [0.1, 0.15) is 24.0 Å². The van der Waals surface area contributed by atoms with Crippen molar-refractivity contribution in [3.63, 3.8) is 0 Å². The maximum Gasteiger partial charge on any atom is 0.219 e. The molecule has 0 N–H and O–H groups in total. The lowest BCUT2D eigenvalue weighted by Crippen LogP contribution is -2.34. The minimum Gasteiger partial charge on any atom is -0.456 e. The number of hydrogen-bond donors (Lipinski definition) is 0. The van der Waals surface area contributed by atoms with E-state index in [4.69, 9.17) is 15.1 Å². The van der Waals surface area contributed by atoms with Gasteiger partial charge in [0.05, 0.1) is 17.7 Å². The lowest BCUT2D eigenvalue weighted by atomic mass is 9.87. The molecule has 0 fully saturated rings. The fourth-order valence-electron chi connectivity index (χ4n) is 3.88. The molecule has 0 saturated carbocycles. The third-order valence-corrected chi connectivity index (χ3v) is 5.34. The number of aryl methyl sites for hydroxylation is 3. The van der Waals surface area contributed by atoms with Crippen LogP contribution in [0.15, 0.2) is 40.9 Å². The van der Waals surface area contributed by atoms with E-state index in [0.717, 1.165) is 0 Å². The van der Waals surface area contributed by atoms with Crippen molar-refractivity contribution in [3.8, 4) is 11.3 Å². The molecule has 2 aromatic heterocycles. The first kappa shape index (κ1) is 15.7. The lowest BCUT2D eigenvalue weighted by Gasteiger charge is -2.18. The lowest BCUT2D eigenvalue weighted by molar-refractivity contribution is -0.661. The Morgan fingerprint density at radius 3 is 2.59 bits per heavy atom. The standard InChI is InChI=1S/C25H24FN2O/c1-14-10-15(2)23(20-12-19(26)18(13-28(20)7)25(3,4)5)24-22(14)17-9-8-16(27-6)11-21(17)29-24/h8-13H,1-5,7H3/q+1/i1D3. The van der Waals surface area contributed by atoms with Crippen molar-refractivity contribution < 1.29 is 17.5 Å². The molecule has 2 heterocycles. The molecule has 0 aliphatic carbocycles. The van der Waals surface area contributed by atoms with Crippen LogP contribution in [0.4, 0.5) is 10.1 Å². The second kappa shape index (κ2) is 6.42. The van der Waals surface area contributed by atoms with Gasteiger partial charge in [-0.25, -0.2) is 13.8 Å². The summed E-state index contributed by atoms with van der Waals surface area (Å²) >= 11 is 0. The van der Waals surface area contributed by atoms with Crippen LogP contribution in [0.3, 0.4) is 0 Å². The summed E-state index contributed by atoms with van der Waals surface area (Å²) in [6.45, 7) is 12.6. The Morgan fingerprint density at radius 1 is 1.17 bits per heavy atom. The van der Waals surface area contributed by atoms with Gasteiger partial charge in [0.15, 0.2) is 11.9 Å². The maximum absolute atomic E-state index is 15.1. The highest BCUT2D eigenvalue weighted by Crippen LogP contribution is 2.40. The van der Waals surface area contributed by atoms with Crippen molar-refractivity contribution in [3.05, 3.63) is 70.5 Å². The number of nitrogens with zero attached hydrogens (tertiary/aromatic N) is 2. The Morgan fingerprint density at radius 2 is 1.93 bits per heavy atom. The molecule has 0 spiro atoms. The highest BCUT2D eigenvalue weighted by molar-refractivity contribution is 6.12. The normalized spacial score (nSPS) is 13.9. The molecule has 0 atom stereocenters. The van der Waals surface area contributed by atoms with Gasteiger partial charge in [-0.2, -0.15) is 0 Å². The molecular weight excluding hydrogens is 363 g/mol. The number of fused-ring (bicyclic) bond motifs is 3. The predicted molar refractivity (Wildman–Crippen MR) is 115 cm³/mol. The van der Waals surface area contributed by atoms with Gasteiger partial charge >= 0.3 is 0 Å². The Kier molecular flexibility index (Phi) is 3.48. The first-order valence-electron chi connectivity index (χ1n) is 10.9. The quantitative estimate of drug-likeness (QED) is 0.262. The summed E-state index contributed by atoms with van der Waals surface area (Å²) in [6, 6.07) is 8.08. The molecule has 0 saturated heterocycles. The van der Waals surface area contributed by atoms with Gasteiger partial charge in [0.2, 0.25) is 5.69 Å². The van der Waals surface area contributed by atoms with Crippen LogP contribution in [-0.4, -0.2) is 0 Å². The van der Waals surface area contributed by atoms with Crippen LogP contribution >= 0.6 is 0 Å². The molecule has 0 bridgehead atoms. The van der Waals surface area contributed by atoms with E-state index in [1.54, 1.807) is 37.4 Å². The van der Waals surface area contributed by atoms with Gasteiger partial charge in [0, 0.05) is 21.0 Å². The van der Waals surface area contributed by atoms with Crippen LogP contribution < -0.4 is 4.57 Å². The van der Waals surface area contributed by atoms with Crippen LogP contribution in [0.5, 0.6) is 0 Å². The molecule has 2 aromatic carbocycles. The van der Waals surface area contributed by atoms with Gasteiger partial charge < -0.3 is 4.42 Å². The minimum absolute atomic E-state index is 0.178. The topological polar surface area (TPSA) is 21.4 Å². The van der Waals surface area contributed by atoms with Crippen molar-refractivity contribution in [2.45, 2.75) is 40.0 Å². The number of rotatable bonds is 1. The van der Waals surface area contributed by atoms with Crippen molar-refractivity contribution in [1.82, 2.24) is 0 Å². The summed E-state index contributed by atoms with van der Waals surface area (Å²) in [6.07, 6.45) is 1.77. The highest BCUT2D eigenvalue weighted by Gasteiger charge is 2.28. The van der Waals surface area contributed by atoms with Crippen molar-refractivity contribution in [2.75, 3.05) is 0 Å². The molecule has 4 aromatic rings. The summed E-state index contributed by atoms with van der Waals surface area (Å²) in [4.78, 5) is 3.44. The second-order valence-corrected chi connectivity index (χ2v) is 8.50. The number of halogens is 1. The SMILES string of the molecule is [2H]C([2H])([2H])c1cc(C)c(-c2cc(F)c(C(C)(C)C)c[n+]2C)c2oc3cc([N+]#[C-])ccc3c12. The summed E-state index contributed by atoms with van der Waals surface area (Å²) in [5.41, 5.74) is 3.50. The van der Waals surface area contributed by atoms with Crippen LogP contribution in [0.25, 0.3) is 38.0 Å². The molecule has 0 radical (unpaired) electrons. The molecule has 4 rings (SSSR count). The Labute approximate surface area is 174 Å². The first-order valence-corrected chi connectivity index (χ1v) is 9.40. The zero-order valence-corrected chi connectivity index (χ0v) is 17.1. The largest absolute Gasteiger partial charge is 0.456 e. The monoisotopic (exact) mass is 390 g/mol. The van der Waals surface area contributed by atoms with E-state index in [0.29, 0.717) is 50.0 Å². The third kappa shape index (κ3) is 2.98. The summed E-state index contributed by atoms with van der Waals surface area (Å²) < 4.78 is 47.4. The summed E-state index contributed by atoms with van der Waals surface area (Å²) in [5, 5.41) is 1.09. The van der Waals surface area contributed by atoms with Crippen molar-refractivity contribution >= 4 is 27.6 Å². The van der Waals surface area contributed by atoms with Gasteiger partial charge in [-0.05, 0) is 36.4 Å². The van der Waals surface area contributed by atoms with Gasteiger partial charge in [0.25, 0.3) is 0 Å². The zero-order valence-electron chi connectivity index (χ0n) is 20.1. The number of hydrogen-bond acceptors (Lipinski definition) is 1. The Balaban J connectivity index is 2.15. The average Bonchev–Trinajstić information content (AvgIpc) is 3.05. The molecule has 0 aliphatic heterocycles. The second-order valence-electron chi connectivity index (χ2n) is 8.50. The molecule has 0 unspecified atom stereocenters. The maximum atomic E-state index is 15.1. The smallest absolute Gasteiger partial charge is 0.219 e. The molecule has 146 valence electrons. The average molecular weight is 390 g/mol. The molecule has 3 nitrogen and oxygen atoms in total. The van der Waals surface area contributed by atoms with E-state index in [9.17, 15) is 0 Å². The molecule has 0 amide bonds. The molecule has 0 aliphatic rings. The fourth-order valence-corrected chi connectivity index (χ4v) is 3.88. The minimum atomic E-state index is -2.36. The predicted octanol–water partition coefficient (Wildman–Crippen LogP) is 6.68. The van der Waals surface area contributed by atoms with Gasteiger partial charge in [-0.3, -0.25) is 0 Å². The summed E-state index contributed by atoms with van der Waals surface area (Å²) in [5.74, 6) is -0.329. The highest BCUT2D eigenvalue weighted by atomic mass is 19.1. The third-order valence-electron chi connectivity index (χ3n) is 5.34. The Bertz CT molecular complexity index is 1440. The fraction of sp³-hybridized carbons (Fsp3) is 0.280. The zero-order chi connectivity index (χ0) is 23.6. The van der Waals surface area contributed by atoms with E-state index in [1.165, 1.54) is 6.07 Å². The number of benzene rings is 2. The van der Waals surface area contributed by atoms with Crippen LogP contribution in [0.1, 0.15) is 41.6 Å². The molecule has 29 heavy (non-hydrogen) atoms. The van der Waals surface area contributed by atoms with Gasteiger partial charge in [-0.1, -0.05) is 39.0 Å². The first-order chi connectivity index (χ1) is 14.8. The van der Waals surface area contributed by atoms with Crippen LogP contribution in [0, 0.1) is 26.2 Å². The van der Waals surface area contributed by atoms with E-state index in [1.807, 2.05) is 32.4 Å². The van der Waals surface area contributed by atoms with E-state index in [2.05, 4.69) is 4.85 Å². The summed E-state index contributed by atoms with van der Waals surface area (Å²) in [7, 11) is 1.84. The van der Waals surface area contributed by atoms with Gasteiger partial charge in [-0.15, -0.1) is 0 Å². The number of aromatic nitrogens is 1. The molecule has 4 heteroatoms. The van der Waals surface area contributed by atoms with E-state index >= 15 is 4.39 Å². The number of furan rings is 1. The van der Waals surface area contributed by atoms with Crippen LogP contribution in [-0.2, 0) is 12.5 Å². The van der Waals surface area contributed by atoms with Crippen molar-refractivity contribution in [1.29, 1.82) is 0 Å². The van der Waals surface area contributed by atoms with Crippen molar-refractivity contribution in [2.24, 2.45) is 7.05 Å². The van der Waals surface area contributed by atoms with E-state index in [-0.39, 0.29) is 16.8 Å². The number of pyridine rings is 1. The van der Waals surface area contributed by atoms with Crippen LogP contribution in [0.2, 0.25) is 0 Å². The van der Waals surface area contributed by atoms with E-state index < -0.39 is 6.85 Å².